The van der Waals surface area contributed by atoms with Crippen LogP contribution in [0.3, 0.4) is 0 Å². The number of nitrogens with zero attached hydrogens (tertiary/aromatic N) is 3. The maximum Gasteiger partial charge on any atom is 0.303 e. The second-order valence-corrected chi connectivity index (χ2v) is 7.57. The van der Waals surface area contributed by atoms with Gasteiger partial charge in [0, 0.05) is 10.9 Å². The maximum absolute atomic E-state index is 12.0. The van der Waals surface area contributed by atoms with Gasteiger partial charge in [0.15, 0.2) is 5.82 Å². The highest BCUT2D eigenvalue weighted by atomic mass is 79.9. The molecule has 0 bridgehead atoms. The molecule has 8 nitrogen and oxygen atoms in total. The van der Waals surface area contributed by atoms with Gasteiger partial charge in [-0.1, -0.05) is 21.1 Å². The van der Waals surface area contributed by atoms with Crippen LogP contribution in [0.1, 0.15) is 18.1 Å². The van der Waals surface area contributed by atoms with E-state index in [4.69, 9.17) is 9.63 Å². The van der Waals surface area contributed by atoms with Gasteiger partial charge >= 0.3 is 5.97 Å². The van der Waals surface area contributed by atoms with Gasteiger partial charge in [0.05, 0.1) is 24.9 Å². The number of carboxylic acid groups (broad SMARTS) is 1. The molecule has 10 heteroatoms. The predicted octanol–water partition coefficient (Wildman–Crippen LogP) is 1.82. The molecule has 0 saturated carbocycles. The Bertz CT molecular complexity index is 788. The molecule has 1 aromatic heterocycles. The smallest absolute Gasteiger partial charge is 0.303 e. The molecule has 1 aromatic carbocycles. The maximum atomic E-state index is 12.0. The molecule has 0 aliphatic heterocycles. The summed E-state index contributed by atoms with van der Waals surface area (Å²) in [6.07, 6.45) is 1.05. The molecule has 23 heavy (non-hydrogen) atoms. The van der Waals surface area contributed by atoms with Crippen molar-refractivity contribution in [2.75, 3.05) is 10.6 Å². The first-order valence-electron chi connectivity index (χ1n) is 6.52. The van der Waals surface area contributed by atoms with Gasteiger partial charge in [-0.25, -0.2) is 8.42 Å². The summed E-state index contributed by atoms with van der Waals surface area (Å²) < 4.78 is 30.9. The predicted molar refractivity (Wildman–Crippen MR) is 85.4 cm³/mol. The monoisotopic (exact) mass is 403 g/mol. The lowest BCUT2D eigenvalue weighted by Crippen LogP contribution is -2.29. The van der Waals surface area contributed by atoms with Crippen molar-refractivity contribution in [2.45, 2.75) is 19.4 Å². The zero-order valence-corrected chi connectivity index (χ0v) is 14.5. The minimum absolute atomic E-state index is 0.0967. The number of rotatable bonds is 7. The summed E-state index contributed by atoms with van der Waals surface area (Å²) in [7, 11) is -3.54. The van der Waals surface area contributed by atoms with Crippen molar-refractivity contribution >= 4 is 37.6 Å². The van der Waals surface area contributed by atoms with Gasteiger partial charge in [0.25, 0.3) is 0 Å². The lowest BCUT2D eigenvalue weighted by atomic mass is 10.3. The molecule has 1 N–H and O–H groups in total. The van der Waals surface area contributed by atoms with Crippen LogP contribution >= 0.6 is 15.9 Å². The zero-order valence-electron chi connectivity index (χ0n) is 12.1. The lowest BCUT2D eigenvalue weighted by Gasteiger charge is -2.20. The van der Waals surface area contributed by atoms with E-state index in [1.807, 2.05) is 0 Å². The van der Waals surface area contributed by atoms with Crippen LogP contribution in [0.5, 0.6) is 0 Å². The minimum atomic E-state index is -3.54. The number of aromatic nitrogens is 2. The van der Waals surface area contributed by atoms with E-state index in [1.165, 1.54) is 0 Å². The Morgan fingerprint density at radius 3 is 2.57 bits per heavy atom. The van der Waals surface area contributed by atoms with Gasteiger partial charge in [0.2, 0.25) is 15.9 Å². The van der Waals surface area contributed by atoms with Gasteiger partial charge in [-0.05, 0) is 24.3 Å². The number of hydrogen-bond donors (Lipinski definition) is 1. The molecule has 0 atom stereocenters. The quantitative estimate of drug-likeness (QED) is 0.749. The highest BCUT2D eigenvalue weighted by Crippen LogP contribution is 2.22. The average Bonchev–Trinajstić information content (AvgIpc) is 2.90. The van der Waals surface area contributed by atoms with E-state index in [0.717, 1.165) is 15.0 Å². The van der Waals surface area contributed by atoms with Crippen molar-refractivity contribution in [3.05, 3.63) is 40.5 Å². The number of aliphatic carboxylic acids is 1. The van der Waals surface area contributed by atoms with Gasteiger partial charge in [0.1, 0.15) is 0 Å². The summed E-state index contributed by atoms with van der Waals surface area (Å²) in [5.74, 6) is -0.650. The standard InChI is InChI=1S/C13H14BrN3O5S/c1-23(20,21)17(10-4-2-9(14)3-5-10)8-11-15-12(22-16-11)6-7-13(18)19/h2-5H,6-8H2,1H3,(H,18,19). The number of halogens is 1. The molecule has 0 aliphatic rings. The Labute approximate surface area is 141 Å². The lowest BCUT2D eigenvalue weighted by molar-refractivity contribution is -0.137. The van der Waals surface area contributed by atoms with Crippen LogP contribution in [0, 0.1) is 0 Å². The van der Waals surface area contributed by atoms with E-state index in [1.54, 1.807) is 24.3 Å². The van der Waals surface area contributed by atoms with Crippen LogP contribution in [-0.2, 0) is 27.8 Å². The normalized spacial score (nSPS) is 11.4. The molecule has 0 aliphatic carbocycles. The molecule has 2 rings (SSSR count). The third-order valence-corrected chi connectivity index (χ3v) is 4.53. The Morgan fingerprint density at radius 1 is 1.35 bits per heavy atom. The molecule has 0 amide bonds. The Kier molecular flexibility index (Phi) is 5.37. The highest BCUT2D eigenvalue weighted by molar-refractivity contribution is 9.10. The molecular formula is C13H14BrN3O5S. The molecular weight excluding hydrogens is 390 g/mol. The molecule has 0 unspecified atom stereocenters. The topological polar surface area (TPSA) is 114 Å². The summed E-state index contributed by atoms with van der Waals surface area (Å²) in [5, 5.41) is 12.3. The number of benzene rings is 1. The van der Waals surface area contributed by atoms with Gasteiger partial charge < -0.3 is 9.63 Å². The third-order valence-electron chi connectivity index (χ3n) is 2.86. The summed E-state index contributed by atoms with van der Waals surface area (Å²) in [6.45, 7) is -0.100. The molecule has 0 radical (unpaired) electrons. The fraction of sp³-hybridized carbons (Fsp3) is 0.308. The number of sulfonamides is 1. The van der Waals surface area contributed by atoms with Crippen molar-refractivity contribution in [3.63, 3.8) is 0 Å². The molecule has 0 spiro atoms. The van der Waals surface area contributed by atoms with Crippen molar-refractivity contribution in [2.24, 2.45) is 0 Å². The van der Waals surface area contributed by atoms with Crippen molar-refractivity contribution in [1.82, 2.24) is 10.1 Å². The Hall–Kier alpha value is -1.94. The summed E-state index contributed by atoms with van der Waals surface area (Å²) in [5.41, 5.74) is 0.465. The molecule has 124 valence electrons. The van der Waals surface area contributed by atoms with Crippen LogP contribution in [0.4, 0.5) is 5.69 Å². The zero-order chi connectivity index (χ0) is 17.0. The molecule has 1 heterocycles. The molecule has 2 aromatic rings. The van der Waals surface area contributed by atoms with Crippen LogP contribution in [0.25, 0.3) is 0 Å². The van der Waals surface area contributed by atoms with Gasteiger partial charge in [-0.2, -0.15) is 4.98 Å². The molecule has 0 fully saturated rings. The van der Waals surface area contributed by atoms with E-state index in [-0.39, 0.29) is 31.1 Å². The fourth-order valence-corrected chi connectivity index (χ4v) is 2.92. The fourth-order valence-electron chi connectivity index (χ4n) is 1.81. The number of hydrogen-bond acceptors (Lipinski definition) is 6. The number of aryl methyl sites for hydroxylation is 1. The first-order valence-corrected chi connectivity index (χ1v) is 9.16. The van der Waals surface area contributed by atoms with Gasteiger partial charge in [-0.15, -0.1) is 0 Å². The number of carbonyl (C=O) groups is 1. The van der Waals surface area contributed by atoms with Crippen LogP contribution in [-0.4, -0.2) is 35.9 Å². The van der Waals surface area contributed by atoms with Crippen LogP contribution in [0.2, 0.25) is 0 Å². The van der Waals surface area contributed by atoms with Crippen LogP contribution in [0.15, 0.2) is 33.3 Å². The second kappa shape index (κ2) is 7.09. The van der Waals surface area contributed by atoms with Crippen molar-refractivity contribution in [1.29, 1.82) is 0 Å². The number of carboxylic acids is 1. The van der Waals surface area contributed by atoms with E-state index >= 15 is 0 Å². The third kappa shape index (κ3) is 5.03. The Balaban J connectivity index is 2.19. The van der Waals surface area contributed by atoms with E-state index < -0.39 is 16.0 Å². The van der Waals surface area contributed by atoms with E-state index in [9.17, 15) is 13.2 Å². The first-order chi connectivity index (χ1) is 10.8. The summed E-state index contributed by atoms with van der Waals surface area (Å²) in [6, 6.07) is 6.75. The Morgan fingerprint density at radius 2 is 2.00 bits per heavy atom. The number of anilines is 1. The van der Waals surface area contributed by atoms with Crippen molar-refractivity contribution in [3.8, 4) is 0 Å². The van der Waals surface area contributed by atoms with Gasteiger partial charge in [-0.3, -0.25) is 9.10 Å². The highest BCUT2D eigenvalue weighted by Gasteiger charge is 2.20. The minimum Gasteiger partial charge on any atom is -0.481 e. The SMILES string of the molecule is CS(=O)(=O)N(Cc1noc(CCC(=O)O)n1)c1ccc(Br)cc1. The largest absolute Gasteiger partial charge is 0.481 e. The summed E-state index contributed by atoms with van der Waals surface area (Å²) in [4.78, 5) is 14.5. The second-order valence-electron chi connectivity index (χ2n) is 4.74. The first kappa shape index (κ1) is 17.4. The van der Waals surface area contributed by atoms with E-state index in [2.05, 4.69) is 26.1 Å². The van der Waals surface area contributed by atoms with E-state index in [0.29, 0.717) is 5.69 Å². The molecule has 0 saturated heterocycles. The van der Waals surface area contributed by atoms with Crippen LogP contribution < -0.4 is 4.31 Å². The van der Waals surface area contributed by atoms with Crippen molar-refractivity contribution < 1.29 is 22.8 Å². The average molecular weight is 404 g/mol. The summed E-state index contributed by atoms with van der Waals surface area (Å²) >= 11 is 3.29.